The third kappa shape index (κ3) is 2.17. The zero-order valence-electron chi connectivity index (χ0n) is 9.95. The normalized spacial score (nSPS) is 10.9. The molecule has 0 aliphatic rings. The highest BCUT2D eigenvalue weighted by Crippen LogP contribution is 2.29. The molecular formula is C14H7Cl2FN2O. The van der Waals surface area contributed by atoms with Crippen LogP contribution in [-0.4, -0.2) is 16.3 Å². The summed E-state index contributed by atoms with van der Waals surface area (Å²) in [6.45, 7) is 0. The summed E-state index contributed by atoms with van der Waals surface area (Å²) in [7, 11) is 0. The molecular weight excluding hydrogens is 302 g/mol. The van der Waals surface area contributed by atoms with Crippen LogP contribution in [0.1, 0.15) is 10.4 Å². The molecule has 0 saturated carbocycles. The van der Waals surface area contributed by atoms with Gasteiger partial charge in [-0.05, 0) is 24.3 Å². The van der Waals surface area contributed by atoms with E-state index >= 15 is 0 Å². The van der Waals surface area contributed by atoms with E-state index in [4.69, 9.17) is 23.2 Å². The molecule has 6 heteroatoms. The lowest BCUT2D eigenvalue weighted by atomic mass is 10.1. The van der Waals surface area contributed by atoms with Crippen LogP contribution in [0.3, 0.4) is 0 Å². The van der Waals surface area contributed by atoms with E-state index in [-0.39, 0.29) is 5.56 Å². The Morgan fingerprint density at radius 3 is 2.60 bits per heavy atom. The molecule has 0 aliphatic carbocycles. The number of carbonyl (C=O) groups excluding carboxylic acids is 1. The van der Waals surface area contributed by atoms with E-state index in [2.05, 4.69) is 9.97 Å². The van der Waals surface area contributed by atoms with Crippen LogP contribution in [0.4, 0.5) is 4.39 Å². The molecule has 1 heterocycles. The van der Waals surface area contributed by atoms with Crippen molar-refractivity contribution in [2.24, 2.45) is 0 Å². The van der Waals surface area contributed by atoms with Gasteiger partial charge in [0.25, 0.3) is 0 Å². The van der Waals surface area contributed by atoms with Crippen molar-refractivity contribution >= 4 is 40.5 Å². The van der Waals surface area contributed by atoms with Gasteiger partial charge in [-0.2, -0.15) is 0 Å². The molecule has 0 saturated heterocycles. The van der Waals surface area contributed by atoms with Gasteiger partial charge >= 0.3 is 0 Å². The molecule has 0 radical (unpaired) electrons. The molecule has 0 spiro atoms. The molecule has 0 amide bonds. The Labute approximate surface area is 123 Å². The zero-order chi connectivity index (χ0) is 14.3. The number of benzene rings is 2. The first-order valence-electron chi connectivity index (χ1n) is 5.68. The third-order valence-electron chi connectivity index (χ3n) is 2.92. The Kier molecular flexibility index (Phi) is 3.20. The fourth-order valence-corrected chi connectivity index (χ4v) is 2.23. The van der Waals surface area contributed by atoms with Gasteiger partial charge in [0.1, 0.15) is 11.6 Å². The Hall–Kier alpha value is -1.91. The average molecular weight is 309 g/mol. The van der Waals surface area contributed by atoms with Crippen LogP contribution in [0.15, 0.2) is 30.3 Å². The monoisotopic (exact) mass is 308 g/mol. The van der Waals surface area contributed by atoms with Gasteiger partial charge in [-0.15, -0.1) is 0 Å². The summed E-state index contributed by atoms with van der Waals surface area (Å²) in [5.41, 5.74) is 1.89. The molecule has 3 nitrogen and oxygen atoms in total. The number of hydrogen-bond acceptors (Lipinski definition) is 2. The lowest BCUT2D eigenvalue weighted by molar-refractivity contribution is 0.112. The summed E-state index contributed by atoms with van der Waals surface area (Å²) in [6, 6.07) is 7.57. The fourth-order valence-electron chi connectivity index (χ4n) is 1.91. The van der Waals surface area contributed by atoms with Crippen LogP contribution >= 0.6 is 23.2 Å². The van der Waals surface area contributed by atoms with E-state index in [0.717, 1.165) is 0 Å². The first kappa shape index (κ1) is 13.1. The number of imidazole rings is 1. The number of hydrogen-bond donors (Lipinski definition) is 1. The number of halogens is 3. The second-order valence-corrected chi connectivity index (χ2v) is 5.04. The molecule has 2 aromatic carbocycles. The Bertz CT molecular complexity index is 790. The summed E-state index contributed by atoms with van der Waals surface area (Å²) >= 11 is 11.9. The SMILES string of the molecule is O=Cc1ccc(-c2nc3cc(Cl)c(Cl)cc3[nH]2)cc1F. The van der Waals surface area contributed by atoms with E-state index in [1.54, 1.807) is 18.2 Å². The second-order valence-electron chi connectivity index (χ2n) is 4.22. The number of fused-ring (bicyclic) bond motifs is 1. The summed E-state index contributed by atoms with van der Waals surface area (Å²) < 4.78 is 13.6. The van der Waals surface area contributed by atoms with E-state index in [0.29, 0.717) is 38.8 Å². The summed E-state index contributed by atoms with van der Waals surface area (Å²) in [5, 5.41) is 0.816. The highest BCUT2D eigenvalue weighted by molar-refractivity contribution is 6.42. The standard InChI is InChI=1S/C14H7Cl2FN2O/c15-9-4-12-13(5-10(9)16)19-14(18-12)7-1-2-8(6-20)11(17)3-7/h1-6H,(H,18,19). The molecule has 0 atom stereocenters. The topological polar surface area (TPSA) is 45.8 Å². The van der Waals surface area contributed by atoms with Gasteiger partial charge < -0.3 is 4.98 Å². The van der Waals surface area contributed by atoms with Crippen LogP contribution in [-0.2, 0) is 0 Å². The van der Waals surface area contributed by atoms with Gasteiger partial charge in [-0.1, -0.05) is 29.3 Å². The number of H-pyrrole nitrogens is 1. The van der Waals surface area contributed by atoms with Crippen molar-refractivity contribution < 1.29 is 9.18 Å². The van der Waals surface area contributed by atoms with Crippen molar-refractivity contribution in [1.29, 1.82) is 0 Å². The van der Waals surface area contributed by atoms with E-state index in [1.165, 1.54) is 12.1 Å². The van der Waals surface area contributed by atoms with Gasteiger partial charge in [0.15, 0.2) is 6.29 Å². The Morgan fingerprint density at radius 2 is 1.90 bits per heavy atom. The number of aromatic amines is 1. The quantitative estimate of drug-likeness (QED) is 0.709. The minimum Gasteiger partial charge on any atom is -0.338 e. The number of nitrogens with zero attached hydrogens (tertiary/aromatic N) is 1. The Balaban J connectivity index is 2.14. The van der Waals surface area contributed by atoms with Gasteiger partial charge in [0.2, 0.25) is 0 Å². The largest absolute Gasteiger partial charge is 0.338 e. The predicted octanol–water partition coefficient (Wildman–Crippen LogP) is 4.49. The predicted molar refractivity (Wildman–Crippen MR) is 76.9 cm³/mol. The molecule has 3 aromatic rings. The summed E-state index contributed by atoms with van der Waals surface area (Å²) in [5.74, 6) is -0.108. The van der Waals surface area contributed by atoms with Crippen molar-refractivity contribution in [3.63, 3.8) is 0 Å². The van der Waals surface area contributed by atoms with Gasteiger partial charge in [0.05, 0.1) is 26.6 Å². The Morgan fingerprint density at radius 1 is 1.15 bits per heavy atom. The molecule has 100 valence electrons. The number of aromatic nitrogens is 2. The second kappa shape index (κ2) is 4.89. The van der Waals surface area contributed by atoms with Crippen molar-refractivity contribution in [2.75, 3.05) is 0 Å². The molecule has 3 rings (SSSR count). The lowest BCUT2D eigenvalue weighted by Crippen LogP contribution is -1.89. The first-order valence-corrected chi connectivity index (χ1v) is 6.44. The van der Waals surface area contributed by atoms with Gasteiger partial charge in [0, 0.05) is 5.56 Å². The van der Waals surface area contributed by atoms with Crippen molar-refractivity contribution in [3.05, 3.63) is 51.8 Å². The first-order chi connectivity index (χ1) is 9.58. The van der Waals surface area contributed by atoms with Gasteiger partial charge in [-0.25, -0.2) is 9.37 Å². The summed E-state index contributed by atoms with van der Waals surface area (Å²) in [4.78, 5) is 18.0. The lowest BCUT2D eigenvalue weighted by Gasteiger charge is -1.98. The van der Waals surface area contributed by atoms with Crippen LogP contribution < -0.4 is 0 Å². The molecule has 0 bridgehead atoms. The molecule has 1 aromatic heterocycles. The average Bonchev–Trinajstić information content (AvgIpc) is 2.82. The number of carbonyl (C=O) groups is 1. The summed E-state index contributed by atoms with van der Waals surface area (Å²) in [6.07, 6.45) is 0.470. The maximum Gasteiger partial charge on any atom is 0.152 e. The van der Waals surface area contributed by atoms with Crippen LogP contribution in [0, 0.1) is 5.82 Å². The molecule has 0 fully saturated rings. The highest BCUT2D eigenvalue weighted by atomic mass is 35.5. The van der Waals surface area contributed by atoms with Crippen LogP contribution in [0.5, 0.6) is 0 Å². The van der Waals surface area contributed by atoms with Crippen LogP contribution in [0.2, 0.25) is 10.0 Å². The van der Waals surface area contributed by atoms with Gasteiger partial charge in [-0.3, -0.25) is 4.79 Å². The zero-order valence-corrected chi connectivity index (χ0v) is 11.5. The van der Waals surface area contributed by atoms with Crippen molar-refractivity contribution in [2.45, 2.75) is 0 Å². The van der Waals surface area contributed by atoms with Crippen molar-refractivity contribution in [1.82, 2.24) is 9.97 Å². The number of aldehydes is 1. The third-order valence-corrected chi connectivity index (χ3v) is 3.65. The maximum absolute atomic E-state index is 13.6. The number of rotatable bonds is 2. The number of nitrogens with one attached hydrogen (secondary N) is 1. The molecule has 0 aliphatic heterocycles. The van der Waals surface area contributed by atoms with E-state index < -0.39 is 5.82 Å². The van der Waals surface area contributed by atoms with E-state index in [9.17, 15) is 9.18 Å². The molecule has 0 unspecified atom stereocenters. The minimum absolute atomic E-state index is 0.0101. The minimum atomic E-state index is -0.589. The van der Waals surface area contributed by atoms with Crippen molar-refractivity contribution in [3.8, 4) is 11.4 Å². The highest BCUT2D eigenvalue weighted by Gasteiger charge is 2.10. The maximum atomic E-state index is 13.6. The van der Waals surface area contributed by atoms with E-state index in [1.807, 2.05) is 0 Å². The molecule has 20 heavy (non-hydrogen) atoms. The fraction of sp³-hybridized carbons (Fsp3) is 0. The van der Waals surface area contributed by atoms with Crippen LogP contribution in [0.25, 0.3) is 22.4 Å². The molecule has 1 N–H and O–H groups in total. The smallest absolute Gasteiger partial charge is 0.152 e.